The van der Waals surface area contributed by atoms with Gasteiger partial charge in [0.15, 0.2) is 0 Å². The molecule has 2 N–H and O–H groups in total. The van der Waals surface area contributed by atoms with Crippen molar-refractivity contribution in [3.8, 4) is 0 Å². The lowest BCUT2D eigenvalue weighted by Crippen LogP contribution is -2.52. The van der Waals surface area contributed by atoms with Crippen molar-refractivity contribution in [3.05, 3.63) is 0 Å². The first kappa shape index (κ1) is 14.3. The smallest absolute Gasteiger partial charge is 0.322 e. The Morgan fingerprint density at radius 2 is 1.89 bits per heavy atom. The van der Waals surface area contributed by atoms with E-state index in [0.717, 1.165) is 32.6 Å². The van der Waals surface area contributed by atoms with Crippen molar-refractivity contribution in [2.45, 2.75) is 26.3 Å². The molecule has 0 aromatic rings. The standard InChI is InChI=1S/C13H24N4O2/c1-10(2)17-6-3-11(9-17)12(18)15-13(19)16-7-4-14-5-8-16/h10-11,14H,3-9H2,1-2H3,(H,15,18,19). The zero-order valence-corrected chi connectivity index (χ0v) is 11.8. The lowest BCUT2D eigenvalue weighted by Gasteiger charge is -2.27. The molecule has 2 saturated heterocycles. The van der Waals surface area contributed by atoms with Gasteiger partial charge in [0.25, 0.3) is 0 Å². The molecular weight excluding hydrogens is 244 g/mol. The van der Waals surface area contributed by atoms with Gasteiger partial charge in [-0.05, 0) is 26.8 Å². The number of hydrogen-bond acceptors (Lipinski definition) is 4. The highest BCUT2D eigenvalue weighted by Crippen LogP contribution is 2.18. The predicted molar refractivity (Wildman–Crippen MR) is 72.8 cm³/mol. The van der Waals surface area contributed by atoms with E-state index in [1.807, 2.05) is 0 Å². The molecule has 0 saturated carbocycles. The van der Waals surface area contributed by atoms with Crippen LogP contribution in [0.25, 0.3) is 0 Å². The molecule has 1 unspecified atom stereocenters. The number of likely N-dealkylation sites (tertiary alicyclic amines) is 1. The summed E-state index contributed by atoms with van der Waals surface area (Å²) in [7, 11) is 0. The average molecular weight is 268 g/mol. The van der Waals surface area contributed by atoms with Crippen LogP contribution in [-0.2, 0) is 4.79 Å². The van der Waals surface area contributed by atoms with Gasteiger partial charge in [-0.25, -0.2) is 4.79 Å². The summed E-state index contributed by atoms with van der Waals surface area (Å²) in [5.41, 5.74) is 0. The SMILES string of the molecule is CC(C)N1CCC(C(=O)NC(=O)N2CCNCC2)C1. The van der Waals surface area contributed by atoms with Crippen molar-refractivity contribution in [1.29, 1.82) is 0 Å². The summed E-state index contributed by atoms with van der Waals surface area (Å²) in [5, 5.41) is 5.73. The first-order valence-corrected chi connectivity index (χ1v) is 7.12. The van der Waals surface area contributed by atoms with Crippen LogP contribution in [0.2, 0.25) is 0 Å². The molecule has 0 aliphatic carbocycles. The summed E-state index contributed by atoms with van der Waals surface area (Å²) in [6, 6.07) is 0.219. The zero-order valence-electron chi connectivity index (χ0n) is 11.8. The lowest BCUT2D eigenvalue weighted by molar-refractivity contribution is -0.123. The van der Waals surface area contributed by atoms with E-state index in [1.54, 1.807) is 4.90 Å². The van der Waals surface area contributed by atoms with E-state index in [1.165, 1.54) is 0 Å². The minimum absolute atomic E-state index is 0.0470. The van der Waals surface area contributed by atoms with Gasteiger partial charge in [0, 0.05) is 38.8 Å². The number of piperazine rings is 1. The van der Waals surface area contributed by atoms with E-state index in [4.69, 9.17) is 0 Å². The van der Waals surface area contributed by atoms with Crippen molar-refractivity contribution < 1.29 is 9.59 Å². The van der Waals surface area contributed by atoms with Crippen LogP contribution in [0.5, 0.6) is 0 Å². The van der Waals surface area contributed by atoms with Gasteiger partial charge in [0.05, 0.1) is 5.92 Å². The molecule has 2 fully saturated rings. The van der Waals surface area contributed by atoms with E-state index >= 15 is 0 Å². The first-order chi connectivity index (χ1) is 9.08. The highest BCUT2D eigenvalue weighted by atomic mass is 16.2. The number of rotatable bonds is 2. The molecule has 6 heteroatoms. The van der Waals surface area contributed by atoms with Gasteiger partial charge < -0.3 is 15.1 Å². The van der Waals surface area contributed by atoms with Gasteiger partial charge in [-0.2, -0.15) is 0 Å². The molecule has 2 heterocycles. The number of nitrogens with one attached hydrogen (secondary N) is 2. The molecule has 0 aromatic heterocycles. The molecular formula is C13H24N4O2. The van der Waals surface area contributed by atoms with Crippen LogP contribution in [0.4, 0.5) is 4.79 Å². The Kier molecular flexibility index (Phi) is 4.76. The zero-order chi connectivity index (χ0) is 13.8. The fourth-order valence-electron chi connectivity index (χ4n) is 2.62. The summed E-state index contributed by atoms with van der Waals surface area (Å²) >= 11 is 0. The minimum atomic E-state index is -0.241. The molecule has 2 aliphatic rings. The van der Waals surface area contributed by atoms with Crippen LogP contribution in [0.15, 0.2) is 0 Å². The third kappa shape index (κ3) is 3.67. The van der Waals surface area contributed by atoms with Gasteiger partial charge in [-0.15, -0.1) is 0 Å². The molecule has 0 aromatic carbocycles. The summed E-state index contributed by atoms with van der Waals surface area (Å²) in [4.78, 5) is 28.0. The van der Waals surface area contributed by atoms with Crippen LogP contribution in [0, 0.1) is 5.92 Å². The third-order valence-corrected chi connectivity index (χ3v) is 3.96. The summed E-state index contributed by atoms with van der Waals surface area (Å²) < 4.78 is 0. The van der Waals surface area contributed by atoms with Crippen molar-refractivity contribution in [1.82, 2.24) is 20.4 Å². The average Bonchev–Trinajstić information content (AvgIpc) is 2.89. The van der Waals surface area contributed by atoms with Crippen molar-refractivity contribution in [3.63, 3.8) is 0 Å². The van der Waals surface area contributed by atoms with Crippen molar-refractivity contribution >= 4 is 11.9 Å². The molecule has 0 bridgehead atoms. The first-order valence-electron chi connectivity index (χ1n) is 7.12. The van der Waals surface area contributed by atoms with E-state index < -0.39 is 0 Å². The molecule has 6 nitrogen and oxygen atoms in total. The lowest BCUT2D eigenvalue weighted by atomic mass is 10.1. The topological polar surface area (TPSA) is 64.7 Å². The van der Waals surface area contributed by atoms with Crippen LogP contribution >= 0.6 is 0 Å². The Hall–Kier alpha value is -1.14. The Balaban J connectivity index is 1.79. The molecule has 19 heavy (non-hydrogen) atoms. The van der Waals surface area contributed by atoms with Crippen molar-refractivity contribution in [2.75, 3.05) is 39.3 Å². The Bertz CT molecular complexity index is 340. The fraction of sp³-hybridized carbons (Fsp3) is 0.846. The highest BCUT2D eigenvalue weighted by Gasteiger charge is 2.31. The predicted octanol–water partition coefficient (Wildman–Crippen LogP) is -0.142. The number of urea groups is 1. The van der Waals surface area contributed by atoms with E-state index in [9.17, 15) is 9.59 Å². The Morgan fingerprint density at radius 1 is 1.21 bits per heavy atom. The Labute approximate surface area is 114 Å². The largest absolute Gasteiger partial charge is 0.324 e. The molecule has 2 rings (SSSR count). The molecule has 0 radical (unpaired) electrons. The molecule has 1 atom stereocenters. The Morgan fingerprint density at radius 3 is 2.47 bits per heavy atom. The van der Waals surface area contributed by atoms with Crippen molar-refractivity contribution in [2.24, 2.45) is 5.92 Å². The van der Waals surface area contributed by atoms with E-state index in [-0.39, 0.29) is 17.9 Å². The third-order valence-electron chi connectivity index (χ3n) is 3.96. The second-order valence-electron chi connectivity index (χ2n) is 5.61. The fourth-order valence-corrected chi connectivity index (χ4v) is 2.62. The van der Waals surface area contributed by atoms with Crippen LogP contribution in [0.3, 0.4) is 0 Å². The summed E-state index contributed by atoms with van der Waals surface area (Å²) in [6.45, 7) is 8.90. The van der Waals surface area contributed by atoms with Gasteiger partial charge in [-0.3, -0.25) is 10.1 Å². The van der Waals surface area contributed by atoms with Gasteiger partial charge >= 0.3 is 6.03 Å². The van der Waals surface area contributed by atoms with Gasteiger partial charge in [-0.1, -0.05) is 0 Å². The molecule has 2 aliphatic heterocycles. The monoisotopic (exact) mass is 268 g/mol. The maximum atomic E-state index is 12.1. The molecule has 0 spiro atoms. The number of hydrogen-bond donors (Lipinski definition) is 2. The van der Waals surface area contributed by atoms with Crippen LogP contribution in [0.1, 0.15) is 20.3 Å². The highest BCUT2D eigenvalue weighted by molar-refractivity contribution is 5.95. The van der Waals surface area contributed by atoms with Crippen LogP contribution in [-0.4, -0.2) is 67.0 Å². The normalized spacial score (nSPS) is 24.8. The number of nitrogens with zero attached hydrogens (tertiary/aromatic N) is 2. The second kappa shape index (κ2) is 6.34. The minimum Gasteiger partial charge on any atom is -0.322 e. The number of amides is 3. The molecule has 108 valence electrons. The second-order valence-corrected chi connectivity index (χ2v) is 5.61. The van der Waals surface area contributed by atoms with E-state index in [0.29, 0.717) is 19.1 Å². The van der Waals surface area contributed by atoms with Crippen LogP contribution < -0.4 is 10.6 Å². The maximum absolute atomic E-state index is 12.1. The summed E-state index contributed by atoms with van der Waals surface area (Å²) in [5.74, 6) is -0.166. The van der Waals surface area contributed by atoms with Gasteiger partial charge in [0.2, 0.25) is 5.91 Å². The summed E-state index contributed by atoms with van der Waals surface area (Å²) in [6.07, 6.45) is 0.846. The van der Waals surface area contributed by atoms with Gasteiger partial charge in [0.1, 0.15) is 0 Å². The number of carbonyl (C=O) groups excluding carboxylic acids is 2. The number of carbonyl (C=O) groups is 2. The maximum Gasteiger partial charge on any atom is 0.324 e. The quantitative estimate of drug-likeness (QED) is 0.731. The number of imide groups is 1. The van der Waals surface area contributed by atoms with E-state index in [2.05, 4.69) is 29.4 Å². The molecule has 3 amide bonds.